The van der Waals surface area contributed by atoms with Gasteiger partial charge in [0.25, 0.3) is 0 Å². The van der Waals surface area contributed by atoms with E-state index in [0.29, 0.717) is 11.3 Å². The molecule has 0 radical (unpaired) electrons. The Kier molecular flexibility index (Phi) is 4.32. The second-order valence-electron chi connectivity index (χ2n) is 3.52. The number of halogens is 1. The molecular formula is C11H14BrNO3. The number of carbonyl (C=O) groups is 1. The summed E-state index contributed by atoms with van der Waals surface area (Å²) < 4.78 is 6.05. The van der Waals surface area contributed by atoms with Crippen molar-refractivity contribution in [3.8, 4) is 5.75 Å². The number of aryl methyl sites for hydroxylation is 1. The highest BCUT2D eigenvalue weighted by atomic mass is 79.9. The lowest BCUT2D eigenvalue weighted by Gasteiger charge is -2.16. The van der Waals surface area contributed by atoms with Crippen LogP contribution >= 0.6 is 15.9 Å². The number of nitrogens with two attached hydrogens (primary N) is 1. The SMILES string of the molecule is COc1c(C(N)CC(=O)O)ccc(C)c1Br. The zero-order valence-corrected chi connectivity index (χ0v) is 10.7. The molecular weight excluding hydrogens is 274 g/mol. The molecule has 1 aromatic carbocycles. The second kappa shape index (κ2) is 5.32. The van der Waals surface area contributed by atoms with Gasteiger partial charge in [0.05, 0.1) is 18.0 Å². The molecule has 3 N–H and O–H groups in total. The number of hydrogen-bond donors (Lipinski definition) is 2. The number of benzene rings is 1. The Hall–Kier alpha value is -1.07. The molecule has 16 heavy (non-hydrogen) atoms. The van der Waals surface area contributed by atoms with E-state index in [2.05, 4.69) is 15.9 Å². The molecule has 1 unspecified atom stereocenters. The fourth-order valence-electron chi connectivity index (χ4n) is 1.47. The molecule has 0 aliphatic rings. The number of hydrogen-bond acceptors (Lipinski definition) is 3. The van der Waals surface area contributed by atoms with Crippen molar-refractivity contribution in [2.24, 2.45) is 5.73 Å². The average Bonchev–Trinajstić information content (AvgIpc) is 2.20. The molecule has 5 heteroatoms. The Labute approximate surface area is 103 Å². The first-order chi connectivity index (χ1) is 7.47. The Morgan fingerprint density at radius 2 is 2.25 bits per heavy atom. The molecule has 0 saturated carbocycles. The quantitative estimate of drug-likeness (QED) is 0.891. The summed E-state index contributed by atoms with van der Waals surface area (Å²) in [6.07, 6.45) is -0.119. The largest absolute Gasteiger partial charge is 0.495 e. The maximum atomic E-state index is 10.6. The predicted molar refractivity (Wildman–Crippen MR) is 64.6 cm³/mol. The lowest BCUT2D eigenvalue weighted by atomic mass is 10.0. The molecule has 0 saturated heterocycles. The molecule has 0 fully saturated rings. The van der Waals surface area contributed by atoms with Gasteiger partial charge >= 0.3 is 5.97 Å². The van der Waals surface area contributed by atoms with Crippen LogP contribution in [-0.4, -0.2) is 18.2 Å². The van der Waals surface area contributed by atoms with Crippen LogP contribution in [0.1, 0.15) is 23.6 Å². The molecule has 0 aliphatic carbocycles. The summed E-state index contributed by atoms with van der Waals surface area (Å²) in [6.45, 7) is 1.93. The first kappa shape index (κ1) is 13.0. The molecule has 1 atom stereocenters. The van der Waals surface area contributed by atoms with Gasteiger partial charge in [-0.3, -0.25) is 4.79 Å². The van der Waals surface area contributed by atoms with Crippen LogP contribution < -0.4 is 10.5 Å². The fourth-order valence-corrected chi connectivity index (χ4v) is 1.99. The molecule has 88 valence electrons. The highest BCUT2D eigenvalue weighted by Crippen LogP contribution is 2.35. The first-order valence-corrected chi connectivity index (χ1v) is 5.57. The molecule has 0 aromatic heterocycles. The van der Waals surface area contributed by atoms with E-state index in [-0.39, 0.29) is 6.42 Å². The Bertz CT molecular complexity index is 406. The number of methoxy groups -OCH3 is 1. The van der Waals surface area contributed by atoms with Gasteiger partial charge in [-0.2, -0.15) is 0 Å². The normalized spacial score (nSPS) is 12.2. The summed E-state index contributed by atoms with van der Waals surface area (Å²) in [6, 6.07) is 3.11. The zero-order valence-electron chi connectivity index (χ0n) is 9.16. The van der Waals surface area contributed by atoms with Crippen LogP contribution in [0.25, 0.3) is 0 Å². The number of carboxylic acid groups (broad SMARTS) is 1. The van der Waals surface area contributed by atoms with E-state index in [1.807, 2.05) is 13.0 Å². The number of aliphatic carboxylic acids is 1. The molecule has 0 heterocycles. The second-order valence-corrected chi connectivity index (χ2v) is 4.32. The van der Waals surface area contributed by atoms with E-state index >= 15 is 0 Å². The van der Waals surface area contributed by atoms with Gasteiger partial charge in [-0.05, 0) is 28.4 Å². The van der Waals surface area contributed by atoms with E-state index in [4.69, 9.17) is 15.6 Å². The third kappa shape index (κ3) is 2.74. The van der Waals surface area contributed by atoms with Crippen molar-refractivity contribution in [1.29, 1.82) is 0 Å². The highest BCUT2D eigenvalue weighted by molar-refractivity contribution is 9.10. The van der Waals surface area contributed by atoms with Gasteiger partial charge in [-0.25, -0.2) is 0 Å². The van der Waals surface area contributed by atoms with Gasteiger partial charge in [-0.15, -0.1) is 0 Å². The van der Waals surface area contributed by atoms with E-state index in [0.717, 1.165) is 10.0 Å². The summed E-state index contributed by atoms with van der Waals surface area (Å²) in [4.78, 5) is 10.6. The summed E-state index contributed by atoms with van der Waals surface area (Å²) in [5.41, 5.74) is 7.52. The van der Waals surface area contributed by atoms with Gasteiger partial charge in [0.15, 0.2) is 0 Å². The van der Waals surface area contributed by atoms with Crippen LogP contribution in [0.2, 0.25) is 0 Å². The van der Waals surface area contributed by atoms with Crippen LogP contribution in [0.4, 0.5) is 0 Å². The average molecular weight is 288 g/mol. The summed E-state index contributed by atoms with van der Waals surface area (Å²) >= 11 is 3.40. The Balaban J connectivity index is 3.13. The Morgan fingerprint density at radius 1 is 1.62 bits per heavy atom. The predicted octanol–water partition coefficient (Wildman–Crippen LogP) is 2.24. The van der Waals surface area contributed by atoms with Crippen molar-refractivity contribution in [3.63, 3.8) is 0 Å². The molecule has 1 rings (SSSR count). The van der Waals surface area contributed by atoms with Crippen molar-refractivity contribution >= 4 is 21.9 Å². The summed E-state index contributed by atoms with van der Waals surface area (Å²) in [7, 11) is 1.54. The number of carboxylic acids is 1. The minimum Gasteiger partial charge on any atom is -0.495 e. The van der Waals surface area contributed by atoms with Crippen molar-refractivity contribution in [2.75, 3.05) is 7.11 Å². The summed E-state index contributed by atoms with van der Waals surface area (Å²) in [5.74, 6) is -0.319. The van der Waals surface area contributed by atoms with Crippen molar-refractivity contribution in [1.82, 2.24) is 0 Å². The third-order valence-electron chi connectivity index (χ3n) is 2.32. The smallest absolute Gasteiger partial charge is 0.305 e. The van der Waals surface area contributed by atoms with Crippen LogP contribution in [0.15, 0.2) is 16.6 Å². The monoisotopic (exact) mass is 287 g/mol. The van der Waals surface area contributed by atoms with Crippen molar-refractivity contribution < 1.29 is 14.6 Å². The van der Waals surface area contributed by atoms with E-state index in [1.54, 1.807) is 6.07 Å². The van der Waals surface area contributed by atoms with Crippen LogP contribution in [0.3, 0.4) is 0 Å². The van der Waals surface area contributed by atoms with E-state index in [9.17, 15) is 4.79 Å². The lowest BCUT2D eigenvalue weighted by molar-refractivity contribution is -0.137. The van der Waals surface area contributed by atoms with E-state index < -0.39 is 12.0 Å². The minimum absolute atomic E-state index is 0.119. The fraction of sp³-hybridized carbons (Fsp3) is 0.364. The molecule has 0 aliphatic heterocycles. The van der Waals surface area contributed by atoms with Crippen molar-refractivity contribution in [3.05, 3.63) is 27.7 Å². The highest BCUT2D eigenvalue weighted by Gasteiger charge is 2.18. The van der Waals surface area contributed by atoms with Gasteiger partial charge in [0.2, 0.25) is 0 Å². The van der Waals surface area contributed by atoms with Gasteiger partial charge in [0.1, 0.15) is 5.75 Å². The number of ether oxygens (including phenoxy) is 1. The molecule has 4 nitrogen and oxygen atoms in total. The summed E-state index contributed by atoms with van der Waals surface area (Å²) in [5, 5.41) is 8.70. The molecule has 0 spiro atoms. The van der Waals surface area contributed by atoms with Gasteiger partial charge < -0.3 is 15.6 Å². The topological polar surface area (TPSA) is 72.5 Å². The van der Waals surface area contributed by atoms with Crippen LogP contribution in [0, 0.1) is 6.92 Å². The number of rotatable bonds is 4. The van der Waals surface area contributed by atoms with E-state index in [1.165, 1.54) is 7.11 Å². The van der Waals surface area contributed by atoms with Gasteiger partial charge in [0, 0.05) is 11.6 Å². The Morgan fingerprint density at radius 3 is 2.75 bits per heavy atom. The third-order valence-corrected chi connectivity index (χ3v) is 3.30. The standard InChI is InChI=1S/C11H14BrNO3/c1-6-3-4-7(8(13)5-9(14)15)11(16-2)10(6)12/h3-4,8H,5,13H2,1-2H3,(H,14,15). The first-order valence-electron chi connectivity index (χ1n) is 4.77. The van der Waals surface area contributed by atoms with Crippen molar-refractivity contribution in [2.45, 2.75) is 19.4 Å². The lowest BCUT2D eigenvalue weighted by Crippen LogP contribution is -2.16. The van der Waals surface area contributed by atoms with Gasteiger partial charge in [-0.1, -0.05) is 12.1 Å². The minimum atomic E-state index is -0.925. The molecule has 0 amide bonds. The van der Waals surface area contributed by atoms with Crippen LogP contribution in [0.5, 0.6) is 5.75 Å². The zero-order chi connectivity index (χ0) is 12.3. The van der Waals surface area contributed by atoms with Crippen LogP contribution in [-0.2, 0) is 4.79 Å². The molecule has 0 bridgehead atoms. The maximum absolute atomic E-state index is 10.6. The molecule has 1 aromatic rings. The maximum Gasteiger partial charge on any atom is 0.305 e.